The van der Waals surface area contributed by atoms with E-state index in [0.717, 1.165) is 12.0 Å². The van der Waals surface area contributed by atoms with Crippen LogP contribution in [0.4, 0.5) is 0 Å². The van der Waals surface area contributed by atoms with Crippen molar-refractivity contribution in [1.29, 1.82) is 0 Å². The van der Waals surface area contributed by atoms with Crippen molar-refractivity contribution in [3.8, 4) is 0 Å². The molecule has 1 aromatic carbocycles. The van der Waals surface area contributed by atoms with E-state index in [1.807, 2.05) is 30.3 Å². The van der Waals surface area contributed by atoms with Crippen molar-refractivity contribution < 1.29 is 9.59 Å². The van der Waals surface area contributed by atoms with Crippen molar-refractivity contribution >= 4 is 11.8 Å². The first kappa shape index (κ1) is 17.2. The fraction of sp³-hybridized carbons (Fsp3) is 0.500. The second-order valence-corrected chi connectivity index (χ2v) is 5.81. The van der Waals surface area contributed by atoms with E-state index in [4.69, 9.17) is 5.73 Å². The molecule has 0 aromatic heterocycles. The maximum atomic E-state index is 12.0. The molecule has 0 fully saturated rings. The molecular formula is C16H25N3O2. The van der Waals surface area contributed by atoms with Gasteiger partial charge >= 0.3 is 0 Å². The monoisotopic (exact) mass is 291 g/mol. The van der Waals surface area contributed by atoms with E-state index >= 15 is 0 Å². The number of aryl methyl sites for hydroxylation is 1. The molecule has 1 unspecified atom stereocenters. The summed E-state index contributed by atoms with van der Waals surface area (Å²) in [5, 5.41) is 5.33. The second kappa shape index (κ2) is 7.78. The van der Waals surface area contributed by atoms with Crippen LogP contribution in [0, 0.1) is 5.41 Å². The molecule has 5 nitrogen and oxygen atoms in total. The van der Waals surface area contributed by atoms with Crippen LogP contribution >= 0.6 is 0 Å². The Morgan fingerprint density at radius 3 is 2.43 bits per heavy atom. The van der Waals surface area contributed by atoms with Gasteiger partial charge in [-0.25, -0.2) is 0 Å². The molecule has 0 spiro atoms. The summed E-state index contributed by atoms with van der Waals surface area (Å²) in [6, 6.07) is 9.35. The number of nitrogens with two attached hydrogens (primary N) is 1. The van der Waals surface area contributed by atoms with E-state index in [0.29, 0.717) is 6.42 Å². The third kappa shape index (κ3) is 5.55. The Labute approximate surface area is 126 Å². The molecule has 4 N–H and O–H groups in total. The molecule has 0 aliphatic rings. The zero-order valence-electron chi connectivity index (χ0n) is 13.0. The Balaban J connectivity index is 2.39. The number of hydrogen-bond donors (Lipinski definition) is 3. The quantitative estimate of drug-likeness (QED) is 0.696. The highest BCUT2D eigenvalue weighted by molar-refractivity contribution is 5.84. The number of benzene rings is 1. The van der Waals surface area contributed by atoms with Crippen molar-refractivity contribution in [2.45, 2.75) is 32.7 Å². The molecule has 1 rings (SSSR count). The van der Waals surface area contributed by atoms with Gasteiger partial charge in [0.1, 0.15) is 0 Å². The van der Waals surface area contributed by atoms with Gasteiger partial charge in [0.25, 0.3) is 0 Å². The Bertz CT molecular complexity index is 472. The fourth-order valence-corrected chi connectivity index (χ4v) is 1.96. The molecular weight excluding hydrogens is 266 g/mol. The van der Waals surface area contributed by atoms with Gasteiger partial charge in [0.05, 0.1) is 11.5 Å². The Hall–Kier alpha value is -1.88. The zero-order valence-corrected chi connectivity index (χ0v) is 13.0. The van der Waals surface area contributed by atoms with Crippen LogP contribution in [-0.4, -0.2) is 31.4 Å². The summed E-state index contributed by atoms with van der Waals surface area (Å²) in [6.07, 6.45) is 1.34. The predicted molar refractivity (Wildman–Crippen MR) is 83.6 cm³/mol. The molecule has 2 amide bonds. The van der Waals surface area contributed by atoms with Crippen LogP contribution in [0.15, 0.2) is 30.3 Å². The molecule has 0 aliphatic heterocycles. The van der Waals surface area contributed by atoms with Gasteiger partial charge in [-0.1, -0.05) is 30.3 Å². The molecule has 0 saturated carbocycles. The minimum Gasteiger partial charge on any atom is -0.359 e. The smallest absolute Gasteiger partial charge is 0.236 e. The van der Waals surface area contributed by atoms with Crippen LogP contribution in [0.3, 0.4) is 0 Å². The van der Waals surface area contributed by atoms with Crippen LogP contribution in [0.5, 0.6) is 0 Å². The molecule has 1 aromatic rings. The normalized spacial score (nSPS) is 12.6. The van der Waals surface area contributed by atoms with Crippen LogP contribution in [0.1, 0.15) is 25.8 Å². The molecule has 0 radical (unpaired) electrons. The lowest BCUT2D eigenvalue weighted by Crippen LogP contribution is -2.48. The van der Waals surface area contributed by atoms with Crippen LogP contribution in [0.2, 0.25) is 0 Å². The lowest BCUT2D eigenvalue weighted by Gasteiger charge is -2.23. The van der Waals surface area contributed by atoms with Crippen molar-refractivity contribution in [1.82, 2.24) is 10.6 Å². The van der Waals surface area contributed by atoms with Gasteiger partial charge in [0.15, 0.2) is 0 Å². The standard InChI is InChI=1S/C16H25N3O2/c1-16(2,15(21)18-3)11-19-14(20)13(17)10-9-12-7-5-4-6-8-12/h4-8,13H,9-11,17H2,1-3H3,(H,18,21)(H,19,20). The molecule has 0 saturated heterocycles. The van der Waals surface area contributed by atoms with Crippen molar-refractivity contribution in [3.63, 3.8) is 0 Å². The maximum Gasteiger partial charge on any atom is 0.236 e. The molecule has 0 bridgehead atoms. The van der Waals surface area contributed by atoms with Crippen LogP contribution in [0.25, 0.3) is 0 Å². The van der Waals surface area contributed by atoms with Crippen molar-refractivity contribution in [3.05, 3.63) is 35.9 Å². The van der Waals surface area contributed by atoms with E-state index in [1.54, 1.807) is 20.9 Å². The number of carbonyl (C=O) groups excluding carboxylic acids is 2. The highest BCUT2D eigenvalue weighted by Gasteiger charge is 2.27. The summed E-state index contributed by atoms with van der Waals surface area (Å²) in [5.41, 5.74) is 6.40. The van der Waals surface area contributed by atoms with Crippen LogP contribution in [-0.2, 0) is 16.0 Å². The summed E-state index contributed by atoms with van der Waals surface area (Å²) in [5.74, 6) is -0.330. The predicted octanol–water partition coefficient (Wildman–Crippen LogP) is 0.835. The van der Waals surface area contributed by atoms with Gasteiger partial charge in [-0.15, -0.1) is 0 Å². The molecule has 5 heteroatoms. The average Bonchev–Trinajstić information content (AvgIpc) is 2.50. The summed E-state index contributed by atoms with van der Waals surface area (Å²) < 4.78 is 0. The van der Waals surface area contributed by atoms with E-state index in [9.17, 15) is 9.59 Å². The lowest BCUT2D eigenvalue weighted by atomic mass is 9.92. The van der Waals surface area contributed by atoms with Gasteiger partial charge in [-0.05, 0) is 32.3 Å². The van der Waals surface area contributed by atoms with Crippen molar-refractivity contribution in [2.24, 2.45) is 11.1 Å². The zero-order chi connectivity index (χ0) is 15.9. The summed E-state index contributed by atoms with van der Waals surface area (Å²) in [6.45, 7) is 3.83. The molecule has 0 aliphatic carbocycles. The van der Waals surface area contributed by atoms with E-state index in [-0.39, 0.29) is 18.4 Å². The van der Waals surface area contributed by atoms with Crippen molar-refractivity contribution in [2.75, 3.05) is 13.6 Å². The number of nitrogens with one attached hydrogen (secondary N) is 2. The maximum absolute atomic E-state index is 12.0. The minimum atomic E-state index is -0.649. The highest BCUT2D eigenvalue weighted by Crippen LogP contribution is 2.13. The lowest BCUT2D eigenvalue weighted by molar-refractivity contribution is -0.129. The van der Waals surface area contributed by atoms with Gasteiger partial charge in [0.2, 0.25) is 11.8 Å². The van der Waals surface area contributed by atoms with E-state index in [1.165, 1.54) is 0 Å². The first-order chi connectivity index (χ1) is 9.86. The topological polar surface area (TPSA) is 84.2 Å². The Morgan fingerprint density at radius 1 is 1.24 bits per heavy atom. The SMILES string of the molecule is CNC(=O)C(C)(C)CNC(=O)C(N)CCc1ccccc1. The molecule has 0 heterocycles. The third-order valence-electron chi connectivity index (χ3n) is 3.47. The summed E-state index contributed by atoms with van der Waals surface area (Å²) in [4.78, 5) is 23.6. The first-order valence-electron chi connectivity index (χ1n) is 7.16. The second-order valence-electron chi connectivity index (χ2n) is 5.81. The number of hydrogen-bond acceptors (Lipinski definition) is 3. The Kier molecular flexibility index (Phi) is 6.37. The van der Waals surface area contributed by atoms with Gasteiger partial charge in [0, 0.05) is 13.6 Å². The number of amides is 2. The van der Waals surface area contributed by atoms with E-state index in [2.05, 4.69) is 10.6 Å². The van der Waals surface area contributed by atoms with Crippen LogP contribution < -0.4 is 16.4 Å². The largest absolute Gasteiger partial charge is 0.359 e. The molecule has 21 heavy (non-hydrogen) atoms. The number of carbonyl (C=O) groups is 2. The molecule has 1 atom stereocenters. The highest BCUT2D eigenvalue weighted by atomic mass is 16.2. The van der Waals surface area contributed by atoms with Gasteiger partial charge < -0.3 is 16.4 Å². The molecule has 116 valence electrons. The van der Waals surface area contributed by atoms with Gasteiger partial charge in [-0.2, -0.15) is 0 Å². The average molecular weight is 291 g/mol. The first-order valence-corrected chi connectivity index (χ1v) is 7.16. The van der Waals surface area contributed by atoms with Gasteiger partial charge in [-0.3, -0.25) is 9.59 Å². The Morgan fingerprint density at radius 2 is 1.86 bits per heavy atom. The van der Waals surface area contributed by atoms with E-state index < -0.39 is 11.5 Å². The summed E-state index contributed by atoms with van der Waals surface area (Å²) >= 11 is 0. The fourth-order valence-electron chi connectivity index (χ4n) is 1.96. The number of rotatable bonds is 7. The minimum absolute atomic E-state index is 0.111. The summed E-state index contributed by atoms with van der Waals surface area (Å²) in [7, 11) is 1.58. The third-order valence-corrected chi connectivity index (χ3v) is 3.47.